The van der Waals surface area contributed by atoms with Crippen molar-refractivity contribution in [3.8, 4) is 12.1 Å². The fourth-order valence-corrected chi connectivity index (χ4v) is 9.77. The molecule has 0 bridgehead atoms. The average Bonchev–Trinajstić information content (AvgIpc) is 3.30. The normalized spacial score (nSPS) is 29.0. The van der Waals surface area contributed by atoms with E-state index in [9.17, 15) is 39.9 Å². The summed E-state index contributed by atoms with van der Waals surface area (Å²) in [5.74, 6) is -4.41. The third kappa shape index (κ3) is 8.49. The standard InChI is InChI=1S/2C25H25N3O3/c2*26-16-25-19(12-7-13-20(25)29)21(22(30)18-10-5-2-6-11-18)23(31)28-24(25)27-15-14-17-8-3-1-4-9-17/h2*1-6,8-11,19-21,29H,7,12-15H2,(H,27,28,31)/t2*19-,20-,21+,25-/m00/s1. The van der Waals surface area contributed by atoms with Gasteiger partial charge in [0, 0.05) is 36.1 Å². The molecule has 0 aromatic heterocycles. The van der Waals surface area contributed by atoms with Crippen molar-refractivity contribution in [2.45, 2.75) is 63.6 Å². The van der Waals surface area contributed by atoms with Crippen molar-refractivity contribution in [3.05, 3.63) is 144 Å². The van der Waals surface area contributed by atoms with Gasteiger partial charge >= 0.3 is 0 Å². The van der Waals surface area contributed by atoms with E-state index < -0.39 is 58.5 Å². The summed E-state index contributed by atoms with van der Waals surface area (Å²) in [5, 5.41) is 47.8. The third-order valence-electron chi connectivity index (χ3n) is 12.9. The van der Waals surface area contributed by atoms with Crippen LogP contribution in [0, 0.1) is 57.2 Å². The minimum Gasteiger partial charge on any atom is -0.391 e. The Bertz CT molecular complexity index is 2230. The number of carbonyl (C=O) groups excluding carboxylic acids is 4. The molecule has 8 atom stereocenters. The molecule has 2 saturated carbocycles. The first kappa shape index (κ1) is 43.5. The molecule has 2 saturated heterocycles. The molecule has 0 radical (unpaired) electrons. The number of amidine groups is 2. The number of nitrogens with zero attached hydrogens (tertiary/aromatic N) is 4. The number of carbonyl (C=O) groups is 4. The molecular weight excluding hydrogens is 781 g/mol. The molecule has 0 unspecified atom stereocenters. The minimum absolute atomic E-state index is 0.199. The number of fused-ring (bicyclic) bond motifs is 2. The SMILES string of the molecule is N#C[C@]12C(=NCCc3ccccc3)NC(=O)[C@@H](C(=O)c3ccccc3)[C@@H]1CCC[C@@H]2O.N#C[C@]12C(=NCCc3ccccc3)NC(=O)[C@@H](C(=O)c3ccccc3)[C@@H]1CCC[C@@H]2O. The Balaban J connectivity index is 0.000000186. The zero-order valence-electron chi connectivity index (χ0n) is 34.4. The van der Waals surface area contributed by atoms with Gasteiger partial charge in [-0.3, -0.25) is 29.2 Å². The van der Waals surface area contributed by atoms with Gasteiger partial charge in [-0.25, -0.2) is 0 Å². The lowest BCUT2D eigenvalue weighted by Crippen LogP contribution is -2.65. The number of ketones is 2. The van der Waals surface area contributed by atoms with E-state index in [4.69, 9.17) is 0 Å². The van der Waals surface area contributed by atoms with Gasteiger partial charge in [0.25, 0.3) is 0 Å². The summed E-state index contributed by atoms with van der Waals surface area (Å²) in [7, 11) is 0. The molecule has 8 rings (SSSR count). The lowest BCUT2D eigenvalue weighted by Gasteiger charge is -2.48. The lowest BCUT2D eigenvalue weighted by atomic mass is 9.57. The van der Waals surface area contributed by atoms with Crippen LogP contribution >= 0.6 is 0 Å². The van der Waals surface area contributed by atoms with E-state index in [-0.39, 0.29) is 23.2 Å². The van der Waals surface area contributed by atoms with E-state index in [1.165, 1.54) is 0 Å². The second kappa shape index (κ2) is 19.4. The summed E-state index contributed by atoms with van der Waals surface area (Å²) in [6.07, 6.45) is 2.52. The van der Waals surface area contributed by atoms with Crippen molar-refractivity contribution in [2.24, 2.45) is 44.5 Å². The van der Waals surface area contributed by atoms with Crippen molar-refractivity contribution < 1.29 is 29.4 Å². The number of Topliss-reactive ketones (excluding diaryl/α,β-unsaturated/α-hetero) is 2. The number of rotatable bonds is 10. The Morgan fingerprint density at radius 3 is 1.24 bits per heavy atom. The maximum atomic E-state index is 13.2. The van der Waals surface area contributed by atoms with Crippen molar-refractivity contribution in [1.82, 2.24) is 10.6 Å². The Hall–Kier alpha value is -6.60. The zero-order valence-corrected chi connectivity index (χ0v) is 34.4. The number of hydrogen-bond donors (Lipinski definition) is 4. The molecule has 12 heteroatoms. The summed E-state index contributed by atoms with van der Waals surface area (Å²) in [5.41, 5.74) is 0.268. The van der Waals surface area contributed by atoms with Gasteiger partial charge in [0.15, 0.2) is 11.6 Å². The molecule has 4 aliphatic rings. The smallest absolute Gasteiger partial charge is 0.236 e. The fourth-order valence-electron chi connectivity index (χ4n) is 9.77. The number of nitriles is 2. The first-order valence-corrected chi connectivity index (χ1v) is 21.3. The first-order valence-electron chi connectivity index (χ1n) is 21.3. The van der Waals surface area contributed by atoms with Crippen LogP contribution in [-0.2, 0) is 22.4 Å². The van der Waals surface area contributed by atoms with Gasteiger partial charge in [0.2, 0.25) is 11.8 Å². The number of piperidine rings is 2. The van der Waals surface area contributed by atoms with Crippen LogP contribution in [0.15, 0.2) is 131 Å². The van der Waals surface area contributed by atoms with Crippen molar-refractivity contribution in [1.29, 1.82) is 10.5 Å². The zero-order chi connectivity index (χ0) is 43.7. The predicted molar refractivity (Wildman–Crippen MR) is 232 cm³/mol. The van der Waals surface area contributed by atoms with Gasteiger partial charge in [-0.1, -0.05) is 134 Å². The van der Waals surface area contributed by atoms with Crippen LogP contribution in [0.2, 0.25) is 0 Å². The number of aliphatic imine (C=N–C) groups is 2. The van der Waals surface area contributed by atoms with Crippen LogP contribution in [0.25, 0.3) is 0 Å². The van der Waals surface area contributed by atoms with Gasteiger partial charge in [0.1, 0.15) is 34.3 Å². The molecule has 4 N–H and O–H groups in total. The van der Waals surface area contributed by atoms with Gasteiger partial charge in [-0.05, 0) is 49.7 Å². The second-order valence-electron chi connectivity index (χ2n) is 16.4. The van der Waals surface area contributed by atoms with E-state index in [0.717, 1.165) is 11.1 Å². The van der Waals surface area contributed by atoms with Gasteiger partial charge in [-0.2, -0.15) is 10.5 Å². The Labute approximate surface area is 361 Å². The van der Waals surface area contributed by atoms with Crippen LogP contribution in [0.1, 0.15) is 70.4 Å². The molecule has 4 fully saturated rings. The van der Waals surface area contributed by atoms with Crippen molar-refractivity contribution in [2.75, 3.05) is 13.1 Å². The minimum atomic E-state index is -1.39. The van der Waals surface area contributed by atoms with Crippen LogP contribution in [0.5, 0.6) is 0 Å². The van der Waals surface area contributed by atoms with Crippen molar-refractivity contribution >= 4 is 35.1 Å². The molecule has 62 heavy (non-hydrogen) atoms. The quantitative estimate of drug-likeness (QED) is 0.112. The predicted octanol–water partition coefficient (Wildman–Crippen LogP) is 5.85. The van der Waals surface area contributed by atoms with E-state index in [2.05, 4.69) is 32.8 Å². The molecule has 4 aromatic carbocycles. The molecule has 2 aliphatic heterocycles. The van der Waals surface area contributed by atoms with Crippen LogP contribution in [0.4, 0.5) is 0 Å². The average molecular weight is 831 g/mol. The summed E-state index contributed by atoms with van der Waals surface area (Å²) in [4.78, 5) is 61.8. The van der Waals surface area contributed by atoms with E-state index >= 15 is 0 Å². The molecule has 2 heterocycles. The van der Waals surface area contributed by atoms with E-state index in [1.54, 1.807) is 60.7 Å². The molecule has 2 amide bonds. The molecular formula is C50H50N6O6. The Morgan fingerprint density at radius 1 is 0.565 bits per heavy atom. The van der Waals surface area contributed by atoms with Crippen LogP contribution < -0.4 is 10.6 Å². The summed E-state index contributed by atoms with van der Waals surface area (Å²) < 4.78 is 0. The Morgan fingerprint density at radius 2 is 0.903 bits per heavy atom. The maximum absolute atomic E-state index is 13.2. The Kier molecular flexibility index (Phi) is 13.6. The van der Waals surface area contributed by atoms with E-state index in [0.29, 0.717) is 75.6 Å². The van der Waals surface area contributed by atoms with Crippen molar-refractivity contribution in [3.63, 3.8) is 0 Å². The highest BCUT2D eigenvalue weighted by Gasteiger charge is 2.62. The van der Waals surface area contributed by atoms with Gasteiger partial charge in [-0.15, -0.1) is 0 Å². The van der Waals surface area contributed by atoms with Crippen LogP contribution in [0.3, 0.4) is 0 Å². The topological polar surface area (TPSA) is 205 Å². The number of amides is 2. The number of hydrogen-bond acceptors (Lipinski definition) is 10. The number of aliphatic hydroxyl groups excluding tert-OH is 2. The van der Waals surface area contributed by atoms with Gasteiger partial charge < -0.3 is 20.8 Å². The molecule has 4 aromatic rings. The third-order valence-corrected chi connectivity index (χ3v) is 12.9. The van der Waals surface area contributed by atoms with E-state index in [1.807, 2.05) is 60.7 Å². The summed E-state index contributed by atoms with van der Waals surface area (Å²) >= 11 is 0. The highest BCUT2D eigenvalue weighted by Crippen LogP contribution is 2.50. The monoisotopic (exact) mass is 830 g/mol. The fraction of sp³-hybridized carbons (Fsp3) is 0.360. The number of aliphatic hydroxyl groups is 2. The number of nitrogens with one attached hydrogen (secondary N) is 2. The summed E-state index contributed by atoms with van der Waals surface area (Å²) in [6.45, 7) is 0.750. The van der Waals surface area contributed by atoms with Crippen LogP contribution in [-0.4, -0.2) is 70.6 Å². The largest absolute Gasteiger partial charge is 0.391 e. The van der Waals surface area contributed by atoms with Gasteiger partial charge in [0.05, 0.1) is 24.3 Å². The molecule has 0 spiro atoms. The molecule has 2 aliphatic carbocycles. The summed E-state index contributed by atoms with van der Waals surface area (Å²) in [6, 6.07) is 41.5. The highest BCUT2D eigenvalue weighted by atomic mass is 16.3. The number of benzene rings is 4. The first-order chi connectivity index (χ1) is 30.1. The lowest BCUT2D eigenvalue weighted by molar-refractivity contribution is -0.129. The highest BCUT2D eigenvalue weighted by molar-refractivity contribution is 6.19. The second-order valence-corrected chi connectivity index (χ2v) is 16.4. The molecule has 12 nitrogen and oxygen atoms in total. The molecule has 316 valence electrons. The maximum Gasteiger partial charge on any atom is 0.236 e.